The van der Waals surface area contributed by atoms with Crippen LogP contribution in [-0.2, 0) is 17.8 Å². The van der Waals surface area contributed by atoms with Crippen molar-refractivity contribution in [2.75, 3.05) is 0 Å². The summed E-state index contributed by atoms with van der Waals surface area (Å²) in [5, 5.41) is 9.49. The Morgan fingerprint density at radius 1 is 1.25 bits per heavy atom. The van der Waals surface area contributed by atoms with E-state index in [1.807, 2.05) is 20.8 Å². The third-order valence-electron chi connectivity index (χ3n) is 3.31. The molecule has 20 heavy (non-hydrogen) atoms. The van der Waals surface area contributed by atoms with Crippen LogP contribution in [0.1, 0.15) is 51.2 Å². The summed E-state index contributed by atoms with van der Waals surface area (Å²) in [5.41, 5.74) is 2.26. The Kier molecular flexibility index (Phi) is 4.39. The normalized spacial score (nSPS) is 19.6. The second-order valence-corrected chi connectivity index (χ2v) is 7.97. The SMILES string of the molecule is CC(C)(C)[S+]([O-])N=C1CCCCc2cc(O)c(F)cc21. The van der Waals surface area contributed by atoms with Crippen molar-refractivity contribution in [1.82, 2.24) is 0 Å². The van der Waals surface area contributed by atoms with Gasteiger partial charge in [-0.25, -0.2) is 4.39 Å². The first kappa shape index (κ1) is 15.3. The van der Waals surface area contributed by atoms with Crippen molar-refractivity contribution in [3.8, 4) is 5.75 Å². The van der Waals surface area contributed by atoms with E-state index in [1.165, 1.54) is 12.1 Å². The highest BCUT2D eigenvalue weighted by atomic mass is 32.2. The standard InChI is InChI=1S/C15H20FNO2S/c1-15(2,3)20(19)17-13-7-5-4-6-10-8-14(18)12(16)9-11(10)13/h8-9,18H,4-7H2,1-3H3. The lowest BCUT2D eigenvalue weighted by molar-refractivity contribution is 0.431. The molecule has 1 aliphatic carbocycles. The van der Waals surface area contributed by atoms with E-state index in [1.54, 1.807) is 0 Å². The number of nitrogens with zero attached hydrogens (tertiary/aromatic N) is 1. The molecule has 0 aromatic heterocycles. The van der Waals surface area contributed by atoms with Gasteiger partial charge in [0.2, 0.25) is 0 Å². The Hall–Kier alpha value is -1.07. The van der Waals surface area contributed by atoms with Crippen LogP contribution in [0.2, 0.25) is 0 Å². The van der Waals surface area contributed by atoms with E-state index in [9.17, 15) is 14.0 Å². The molecule has 0 saturated carbocycles. The Labute approximate surface area is 122 Å². The zero-order chi connectivity index (χ0) is 14.9. The fourth-order valence-corrected chi connectivity index (χ4v) is 2.82. The van der Waals surface area contributed by atoms with Crippen molar-refractivity contribution >= 4 is 17.1 Å². The van der Waals surface area contributed by atoms with Crippen LogP contribution < -0.4 is 0 Å². The van der Waals surface area contributed by atoms with Gasteiger partial charge in [-0.15, -0.1) is 0 Å². The van der Waals surface area contributed by atoms with E-state index in [2.05, 4.69) is 4.40 Å². The molecule has 0 heterocycles. The fraction of sp³-hybridized carbons (Fsp3) is 0.533. The number of phenols is 1. The molecular weight excluding hydrogens is 277 g/mol. The quantitative estimate of drug-likeness (QED) is 0.637. The number of halogens is 1. The lowest BCUT2D eigenvalue weighted by atomic mass is 10.0. The number of benzene rings is 1. The Bertz CT molecular complexity index is 537. The smallest absolute Gasteiger partial charge is 0.165 e. The number of aromatic hydroxyl groups is 1. The molecule has 0 amide bonds. The summed E-state index contributed by atoms with van der Waals surface area (Å²) in [4.78, 5) is 0. The van der Waals surface area contributed by atoms with Gasteiger partial charge >= 0.3 is 0 Å². The lowest BCUT2D eigenvalue weighted by Crippen LogP contribution is -2.27. The largest absolute Gasteiger partial charge is 0.591 e. The number of hydrogen-bond donors (Lipinski definition) is 1. The molecule has 1 aliphatic rings. The summed E-state index contributed by atoms with van der Waals surface area (Å²) in [6.45, 7) is 5.59. The molecule has 5 heteroatoms. The molecule has 110 valence electrons. The van der Waals surface area contributed by atoms with Crippen molar-refractivity contribution in [2.45, 2.75) is 51.2 Å². The molecule has 1 unspecified atom stereocenters. The van der Waals surface area contributed by atoms with Gasteiger partial charge in [0.1, 0.15) is 16.1 Å². The van der Waals surface area contributed by atoms with Crippen LogP contribution in [0.3, 0.4) is 0 Å². The van der Waals surface area contributed by atoms with Crippen molar-refractivity contribution < 1.29 is 14.0 Å². The van der Waals surface area contributed by atoms with E-state index >= 15 is 0 Å². The average molecular weight is 297 g/mol. The van der Waals surface area contributed by atoms with Crippen LogP contribution in [0.4, 0.5) is 4.39 Å². The first-order valence-electron chi connectivity index (χ1n) is 6.80. The summed E-state index contributed by atoms with van der Waals surface area (Å²) in [5.74, 6) is -0.984. The summed E-state index contributed by atoms with van der Waals surface area (Å²) in [6, 6.07) is 2.78. The molecule has 0 spiro atoms. The first-order chi connectivity index (χ1) is 9.29. The van der Waals surface area contributed by atoms with Gasteiger partial charge in [-0.3, -0.25) is 0 Å². The molecule has 1 aromatic rings. The summed E-state index contributed by atoms with van der Waals surface area (Å²) in [7, 11) is 0. The van der Waals surface area contributed by atoms with Crippen molar-refractivity contribution in [3.05, 3.63) is 29.1 Å². The van der Waals surface area contributed by atoms with E-state index in [0.29, 0.717) is 17.7 Å². The van der Waals surface area contributed by atoms with Gasteiger partial charge in [0, 0.05) is 5.56 Å². The monoisotopic (exact) mass is 297 g/mol. The molecule has 0 fully saturated rings. The number of aryl methyl sites for hydroxylation is 1. The van der Waals surface area contributed by atoms with Crippen LogP contribution in [0.5, 0.6) is 5.75 Å². The van der Waals surface area contributed by atoms with Crippen LogP contribution in [0, 0.1) is 5.82 Å². The summed E-state index contributed by atoms with van der Waals surface area (Å²) < 4.78 is 29.7. The zero-order valence-corrected chi connectivity index (χ0v) is 12.9. The predicted molar refractivity (Wildman–Crippen MR) is 80.1 cm³/mol. The van der Waals surface area contributed by atoms with Crippen molar-refractivity contribution in [1.29, 1.82) is 0 Å². The first-order valence-corrected chi connectivity index (χ1v) is 7.91. The third kappa shape index (κ3) is 3.33. The maximum Gasteiger partial charge on any atom is 0.165 e. The van der Waals surface area contributed by atoms with Crippen molar-refractivity contribution in [3.63, 3.8) is 0 Å². The highest BCUT2D eigenvalue weighted by molar-refractivity contribution is 7.91. The molecule has 0 saturated heterocycles. The molecule has 0 aliphatic heterocycles. The fourth-order valence-electron chi connectivity index (χ4n) is 2.15. The van der Waals surface area contributed by atoms with E-state index in [-0.39, 0.29) is 5.75 Å². The van der Waals surface area contributed by atoms with Crippen molar-refractivity contribution in [2.24, 2.45) is 4.40 Å². The minimum Gasteiger partial charge on any atom is -0.591 e. The maximum absolute atomic E-state index is 13.6. The molecule has 1 N–H and O–H groups in total. The molecule has 3 nitrogen and oxygen atoms in total. The van der Waals surface area contributed by atoms with Gasteiger partial charge in [0.05, 0.1) is 5.71 Å². The number of phenolic OH excluding ortho intramolecular Hbond substituents is 1. The van der Waals surface area contributed by atoms with E-state index in [0.717, 1.165) is 24.8 Å². The van der Waals surface area contributed by atoms with Gasteiger partial charge in [-0.05, 0) is 64.2 Å². The van der Waals surface area contributed by atoms with Crippen LogP contribution in [-0.4, -0.2) is 20.1 Å². The molecule has 1 atom stereocenters. The minimum absolute atomic E-state index is 0.332. The summed E-state index contributed by atoms with van der Waals surface area (Å²) in [6.07, 6.45) is 3.36. The number of fused-ring (bicyclic) bond motifs is 1. The highest BCUT2D eigenvalue weighted by Crippen LogP contribution is 2.29. The Balaban J connectivity index is 2.46. The third-order valence-corrected chi connectivity index (χ3v) is 4.74. The molecule has 0 radical (unpaired) electrons. The highest BCUT2D eigenvalue weighted by Gasteiger charge is 2.28. The maximum atomic E-state index is 13.6. The zero-order valence-electron chi connectivity index (χ0n) is 12.1. The molecule has 2 rings (SSSR count). The van der Waals surface area contributed by atoms with Crippen LogP contribution >= 0.6 is 0 Å². The van der Waals surface area contributed by atoms with Crippen LogP contribution in [0.15, 0.2) is 16.5 Å². The van der Waals surface area contributed by atoms with Gasteiger partial charge in [0.15, 0.2) is 11.6 Å². The second kappa shape index (κ2) is 5.74. The topological polar surface area (TPSA) is 55.7 Å². The number of hydrogen-bond acceptors (Lipinski definition) is 3. The second-order valence-electron chi connectivity index (χ2n) is 6.07. The van der Waals surface area contributed by atoms with Gasteiger partial charge < -0.3 is 9.66 Å². The predicted octanol–water partition coefficient (Wildman–Crippen LogP) is 3.51. The van der Waals surface area contributed by atoms with E-state index < -0.39 is 21.9 Å². The lowest BCUT2D eigenvalue weighted by Gasteiger charge is -2.19. The molecular formula is C15H20FNO2S. The molecule has 1 aromatic carbocycles. The number of rotatable bonds is 1. The average Bonchev–Trinajstić information content (AvgIpc) is 2.52. The van der Waals surface area contributed by atoms with Crippen LogP contribution in [0.25, 0.3) is 0 Å². The van der Waals surface area contributed by atoms with Gasteiger partial charge in [-0.2, -0.15) is 0 Å². The summed E-state index contributed by atoms with van der Waals surface area (Å²) >= 11 is -1.36. The Morgan fingerprint density at radius 3 is 2.55 bits per heavy atom. The van der Waals surface area contributed by atoms with Gasteiger partial charge in [0.25, 0.3) is 0 Å². The van der Waals surface area contributed by atoms with E-state index in [4.69, 9.17) is 0 Å². The van der Waals surface area contributed by atoms with Gasteiger partial charge in [-0.1, -0.05) is 4.40 Å². The minimum atomic E-state index is -1.36. The molecule has 0 bridgehead atoms. The Morgan fingerprint density at radius 2 is 1.90 bits per heavy atom.